The van der Waals surface area contributed by atoms with E-state index in [1.165, 1.54) is 14.2 Å². The molecule has 0 saturated carbocycles. The van der Waals surface area contributed by atoms with E-state index in [0.717, 1.165) is 21.9 Å². The third-order valence-electron chi connectivity index (χ3n) is 3.32. The highest BCUT2D eigenvalue weighted by molar-refractivity contribution is 7.17. The molecule has 0 N–H and O–H groups in total. The van der Waals surface area contributed by atoms with Crippen LogP contribution in [0.1, 0.15) is 15.9 Å². The minimum Gasteiger partial charge on any atom is -0.481 e. The Labute approximate surface area is 136 Å². The van der Waals surface area contributed by atoms with Gasteiger partial charge in [-0.1, -0.05) is 0 Å². The van der Waals surface area contributed by atoms with Crippen LogP contribution in [0.5, 0.6) is 23.5 Å². The predicted molar refractivity (Wildman–Crippen MR) is 87.2 cm³/mol. The van der Waals surface area contributed by atoms with Crippen LogP contribution in [0.15, 0.2) is 23.6 Å². The standard InChI is InChI=1S/C16H14N2O4S/c1-9-8-23-12-5-4-11(10(7-19)15(9)12)22-16-17-13(20-2)6-14(18-16)21-3/h4-8H,1-3H3. The van der Waals surface area contributed by atoms with Crippen LogP contribution in [-0.4, -0.2) is 30.5 Å². The number of nitrogens with zero attached hydrogens (tertiary/aromatic N) is 2. The second-order valence-electron chi connectivity index (χ2n) is 4.72. The minimum atomic E-state index is 0.0523. The Hall–Kier alpha value is -2.67. The molecule has 7 heteroatoms. The summed E-state index contributed by atoms with van der Waals surface area (Å²) in [6.07, 6.45) is 0.786. The number of carbonyl (C=O) groups is 1. The molecule has 6 nitrogen and oxygen atoms in total. The van der Waals surface area contributed by atoms with Gasteiger partial charge < -0.3 is 14.2 Å². The highest BCUT2D eigenvalue weighted by Gasteiger charge is 2.15. The molecule has 0 unspecified atom stereocenters. The smallest absolute Gasteiger partial charge is 0.328 e. The van der Waals surface area contributed by atoms with Gasteiger partial charge in [0.25, 0.3) is 0 Å². The van der Waals surface area contributed by atoms with E-state index in [9.17, 15) is 4.79 Å². The molecule has 0 aliphatic heterocycles. The van der Waals surface area contributed by atoms with Crippen LogP contribution < -0.4 is 14.2 Å². The molecule has 118 valence electrons. The fourth-order valence-corrected chi connectivity index (χ4v) is 3.20. The van der Waals surface area contributed by atoms with Gasteiger partial charge in [-0.15, -0.1) is 11.3 Å². The van der Waals surface area contributed by atoms with Crippen LogP contribution in [0.2, 0.25) is 0 Å². The Morgan fingerprint density at radius 3 is 2.43 bits per heavy atom. The normalized spacial score (nSPS) is 10.6. The number of aromatic nitrogens is 2. The first-order valence-electron chi connectivity index (χ1n) is 6.77. The van der Waals surface area contributed by atoms with Crippen molar-refractivity contribution in [3.8, 4) is 23.5 Å². The minimum absolute atomic E-state index is 0.0523. The fraction of sp³-hybridized carbons (Fsp3) is 0.188. The van der Waals surface area contributed by atoms with Crippen molar-refractivity contribution in [2.75, 3.05) is 14.2 Å². The molecule has 3 aromatic rings. The SMILES string of the molecule is COc1cc(OC)nc(Oc2ccc3scc(C)c3c2C=O)n1. The monoisotopic (exact) mass is 330 g/mol. The molecule has 0 saturated heterocycles. The van der Waals surface area contributed by atoms with Crippen molar-refractivity contribution in [2.45, 2.75) is 6.92 Å². The zero-order valence-corrected chi connectivity index (χ0v) is 13.6. The molecular weight excluding hydrogens is 316 g/mol. The highest BCUT2D eigenvalue weighted by Crippen LogP contribution is 2.35. The molecule has 0 amide bonds. The van der Waals surface area contributed by atoms with Gasteiger partial charge in [-0.3, -0.25) is 4.79 Å². The fourth-order valence-electron chi connectivity index (χ4n) is 2.24. The van der Waals surface area contributed by atoms with E-state index in [0.29, 0.717) is 23.1 Å². The lowest BCUT2D eigenvalue weighted by Gasteiger charge is -2.10. The summed E-state index contributed by atoms with van der Waals surface area (Å²) < 4.78 is 16.9. The van der Waals surface area contributed by atoms with Gasteiger partial charge in [-0.05, 0) is 30.0 Å². The van der Waals surface area contributed by atoms with Crippen LogP contribution in [0.25, 0.3) is 10.1 Å². The number of methoxy groups -OCH3 is 2. The summed E-state index contributed by atoms with van der Waals surface area (Å²) in [6.45, 7) is 1.96. The Bertz CT molecular complexity index is 854. The maximum absolute atomic E-state index is 11.6. The van der Waals surface area contributed by atoms with Crippen LogP contribution in [0.3, 0.4) is 0 Å². The summed E-state index contributed by atoms with van der Waals surface area (Å²) in [5, 5.41) is 2.89. The Morgan fingerprint density at radius 2 is 1.83 bits per heavy atom. The first-order chi connectivity index (χ1) is 11.2. The lowest BCUT2D eigenvalue weighted by Crippen LogP contribution is -1.99. The molecule has 3 rings (SSSR count). The molecule has 2 aromatic heterocycles. The van der Waals surface area contributed by atoms with Gasteiger partial charge in [-0.2, -0.15) is 9.97 Å². The molecule has 23 heavy (non-hydrogen) atoms. The lowest BCUT2D eigenvalue weighted by molar-refractivity contribution is 0.112. The molecule has 0 aliphatic carbocycles. The third-order valence-corrected chi connectivity index (χ3v) is 4.39. The second-order valence-corrected chi connectivity index (χ2v) is 5.64. The summed E-state index contributed by atoms with van der Waals surface area (Å²) >= 11 is 1.58. The number of hydrogen-bond donors (Lipinski definition) is 0. The van der Waals surface area contributed by atoms with Crippen molar-refractivity contribution in [3.63, 3.8) is 0 Å². The molecule has 1 aromatic carbocycles. The number of hydrogen-bond acceptors (Lipinski definition) is 7. The quantitative estimate of drug-likeness (QED) is 0.665. The van der Waals surface area contributed by atoms with Gasteiger partial charge >= 0.3 is 6.01 Å². The van der Waals surface area contributed by atoms with Crippen molar-refractivity contribution in [1.29, 1.82) is 0 Å². The molecule has 0 aliphatic rings. The number of aldehydes is 1. The topological polar surface area (TPSA) is 70.5 Å². The Morgan fingerprint density at radius 1 is 1.13 bits per heavy atom. The summed E-state index contributed by atoms with van der Waals surface area (Å²) in [6, 6.07) is 5.24. The van der Waals surface area contributed by atoms with Gasteiger partial charge in [0, 0.05) is 10.1 Å². The molecule has 0 spiro atoms. The summed E-state index contributed by atoms with van der Waals surface area (Å²) in [5.41, 5.74) is 1.51. The molecule has 0 atom stereocenters. The zero-order valence-electron chi connectivity index (χ0n) is 12.8. The second kappa shape index (κ2) is 6.21. The van der Waals surface area contributed by atoms with E-state index >= 15 is 0 Å². The van der Waals surface area contributed by atoms with Crippen molar-refractivity contribution in [1.82, 2.24) is 9.97 Å². The third kappa shape index (κ3) is 2.83. The van der Waals surface area contributed by atoms with Gasteiger partial charge in [0.15, 0.2) is 6.29 Å². The van der Waals surface area contributed by atoms with E-state index in [-0.39, 0.29) is 6.01 Å². The summed E-state index contributed by atoms with van der Waals surface area (Å²) in [5.74, 6) is 1.02. The van der Waals surface area contributed by atoms with E-state index in [2.05, 4.69) is 9.97 Å². The molecule has 0 radical (unpaired) electrons. The number of benzene rings is 1. The highest BCUT2D eigenvalue weighted by atomic mass is 32.1. The number of carbonyl (C=O) groups excluding carboxylic acids is 1. The van der Waals surface area contributed by atoms with Crippen molar-refractivity contribution >= 4 is 27.7 Å². The summed E-state index contributed by atoms with van der Waals surface area (Å²) in [4.78, 5) is 19.8. The lowest BCUT2D eigenvalue weighted by atomic mass is 10.1. The van der Waals surface area contributed by atoms with Crippen LogP contribution in [0, 0.1) is 6.92 Å². The van der Waals surface area contributed by atoms with Gasteiger partial charge in [0.2, 0.25) is 11.8 Å². The van der Waals surface area contributed by atoms with Crippen molar-refractivity contribution in [2.24, 2.45) is 0 Å². The maximum Gasteiger partial charge on any atom is 0.328 e. The predicted octanol–water partition coefficient (Wildman–Crippen LogP) is 3.62. The average molecular weight is 330 g/mol. The van der Waals surface area contributed by atoms with Crippen LogP contribution >= 0.6 is 11.3 Å². The van der Waals surface area contributed by atoms with E-state index in [1.54, 1.807) is 23.5 Å². The van der Waals surface area contributed by atoms with Crippen LogP contribution in [0.4, 0.5) is 0 Å². The first-order valence-corrected chi connectivity index (χ1v) is 7.65. The number of rotatable bonds is 5. The molecular formula is C16H14N2O4S. The molecule has 0 bridgehead atoms. The van der Waals surface area contributed by atoms with Crippen LogP contribution in [-0.2, 0) is 0 Å². The first kappa shape index (κ1) is 15.2. The summed E-state index contributed by atoms with van der Waals surface area (Å²) in [7, 11) is 2.98. The van der Waals surface area contributed by atoms with Crippen molar-refractivity contribution in [3.05, 3.63) is 34.7 Å². The van der Waals surface area contributed by atoms with Gasteiger partial charge in [0.05, 0.1) is 25.8 Å². The zero-order chi connectivity index (χ0) is 16.4. The van der Waals surface area contributed by atoms with E-state index in [1.807, 2.05) is 18.4 Å². The number of thiophene rings is 1. The number of fused-ring (bicyclic) bond motifs is 1. The average Bonchev–Trinajstić information content (AvgIpc) is 2.95. The van der Waals surface area contributed by atoms with Crippen molar-refractivity contribution < 1.29 is 19.0 Å². The number of ether oxygens (including phenoxy) is 3. The molecule has 0 fully saturated rings. The van der Waals surface area contributed by atoms with Gasteiger partial charge in [0.1, 0.15) is 5.75 Å². The molecule has 2 heterocycles. The largest absolute Gasteiger partial charge is 0.481 e. The van der Waals surface area contributed by atoms with E-state index in [4.69, 9.17) is 14.2 Å². The Balaban J connectivity index is 2.08. The maximum atomic E-state index is 11.6. The van der Waals surface area contributed by atoms with Gasteiger partial charge in [-0.25, -0.2) is 0 Å². The van der Waals surface area contributed by atoms with E-state index < -0.39 is 0 Å². The number of aryl methyl sites for hydroxylation is 1. The Kier molecular flexibility index (Phi) is 4.12.